The number of hydrogen-bond donors (Lipinski definition) is 1. The molecule has 0 aliphatic heterocycles. The number of ether oxygens (including phenoxy) is 2. The van der Waals surface area contributed by atoms with E-state index in [-0.39, 0.29) is 12.0 Å². The van der Waals surface area contributed by atoms with E-state index < -0.39 is 0 Å². The highest BCUT2D eigenvalue weighted by Crippen LogP contribution is 2.25. The minimum absolute atomic E-state index is 0.105. The number of fused-ring (bicyclic) bond motifs is 1. The predicted molar refractivity (Wildman–Crippen MR) is 105 cm³/mol. The van der Waals surface area contributed by atoms with Crippen LogP contribution in [0.1, 0.15) is 29.8 Å². The van der Waals surface area contributed by atoms with Crippen molar-refractivity contribution in [2.75, 3.05) is 12.4 Å². The molecule has 0 radical (unpaired) electrons. The van der Waals surface area contributed by atoms with Gasteiger partial charge < -0.3 is 14.8 Å². The molecule has 0 heterocycles. The smallest absolute Gasteiger partial charge is 0.255 e. The Hall–Kier alpha value is -2.85. The summed E-state index contributed by atoms with van der Waals surface area (Å²) in [5.74, 6) is 0.558. The van der Waals surface area contributed by atoms with Crippen molar-refractivity contribution < 1.29 is 14.3 Å². The average molecular weight is 349 g/mol. The average Bonchev–Trinajstić information content (AvgIpc) is 2.66. The van der Waals surface area contributed by atoms with E-state index in [1.807, 2.05) is 62.4 Å². The Labute approximate surface area is 153 Å². The van der Waals surface area contributed by atoms with Gasteiger partial charge in [0.15, 0.2) is 0 Å². The fourth-order valence-corrected chi connectivity index (χ4v) is 2.82. The van der Waals surface area contributed by atoms with Crippen molar-refractivity contribution in [2.45, 2.75) is 26.6 Å². The molecule has 4 nitrogen and oxygen atoms in total. The minimum Gasteiger partial charge on any atom is -0.496 e. The second kappa shape index (κ2) is 8.02. The first-order valence-electron chi connectivity index (χ1n) is 8.66. The zero-order valence-electron chi connectivity index (χ0n) is 15.3. The van der Waals surface area contributed by atoms with Crippen molar-refractivity contribution in [3.8, 4) is 5.75 Å². The van der Waals surface area contributed by atoms with E-state index in [2.05, 4.69) is 5.32 Å². The van der Waals surface area contributed by atoms with Gasteiger partial charge in [0.25, 0.3) is 5.91 Å². The molecule has 3 aromatic rings. The standard InChI is InChI=1S/C22H23NO3/c1-15(2)26-14-18-13-17(11-12-21(18)25-3)22(24)23-20-10-6-8-16-7-4-5-9-19(16)20/h4-13,15H,14H2,1-3H3,(H,23,24). The van der Waals surface area contributed by atoms with Crippen LogP contribution in [0.2, 0.25) is 0 Å². The van der Waals surface area contributed by atoms with Crippen molar-refractivity contribution in [1.29, 1.82) is 0 Å². The Kier molecular flexibility index (Phi) is 5.54. The van der Waals surface area contributed by atoms with Gasteiger partial charge in [-0.05, 0) is 43.5 Å². The SMILES string of the molecule is COc1ccc(C(=O)Nc2cccc3ccccc23)cc1COC(C)C. The maximum atomic E-state index is 12.8. The van der Waals surface area contributed by atoms with E-state index in [1.54, 1.807) is 19.2 Å². The zero-order chi connectivity index (χ0) is 18.5. The molecule has 134 valence electrons. The fraction of sp³-hybridized carbons (Fsp3) is 0.227. The molecule has 1 N–H and O–H groups in total. The van der Waals surface area contributed by atoms with Gasteiger partial charge in [0.1, 0.15) is 5.75 Å². The third-order valence-electron chi connectivity index (χ3n) is 4.15. The highest BCUT2D eigenvalue weighted by Gasteiger charge is 2.12. The summed E-state index contributed by atoms with van der Waals surface area (Å²) in [6.07, 6.45) is 0.105. The molecule has 0 aliphatic carbocycles. The maximum absolute atomic E-state index is 12.8. The number of rotatable bonds is 6. The van der Waals surface area contributed by atoms with Gasteiger partial charge in [-0.2, -0.15) is 0 Å². The lowest BCUT2D eigenvalue weighted by Crippen LogP contribution is -2.13. The van der Waals surface area contributed by atoms with E-state index in [9.17, 15) is 4.79 Å². The molecule has 0 fully saturated rings. The van der Waals surface area contributed by atoms with Gasteiger partial charge in [0.2, 0.25) is 0 Å². The maximum Gasteiger partial charge on any atom is 0.255 e. The first-order chi connectivity index (χ1) is 12.6. The molecule has 0 aliphatic rings. The van der Waals surface area contributed by atoms with Crippen molar-refractivity contribution in [3.05, 3.63) is 71.8 Å². The van der Waals surface area contributed by atoms with Crippen LogP contribution in [0, 0.1) is 0 Å². The quantitative estimate of drug-likeness (QED) is 0.679. The number of methoxy groups -OCH3 is 1. The molecule has 0 bridgehead atoms. The number of benzene rings is 3. The van der Waals surface area contributed by atoms with Crippen LogP contribution in [-0.2, 0) is 11.3 Å². The zero-order valence-corrected chi connectivity index (χ0v) is 15.3. The summed E-state index contributed by atoms with van der Waals surface area (Å²) in [4.78, 5) is 12.8. The number of hydrogen-bond acceptors (Lipinski definition) is 3. The van der Waals surface area contributed by atoms with Gasteiger partial charge in [-0.1, -0.05) is 36.4 Å². The molecule has 0 aromatic heterocycles. The summed E-state index contributed by atoms with van der Waals surface area (Å²) in [5.41, 5.74) is 2.22. The van der Waals surface area contributed by atoms with Crippen molar-refractivity contribution in [1.82, 2.24) is 0 Å². The number of anilines is 1. The van der Waals surface area contributed by atoms with E-state index in [4.69, 9.17) is 9.47 Å². The van der Waals surface area contributed by atoms with Gasteiger partial charge in [-0.25, -0.2) is 0 Å². The number of carbonyl (C=O) groups excluding carboxylic acids is 1. The van der Waals surface area contributed by atoms with Gasteiger partial charge >= 0.3 is 0 Å². The monoisotopic (exact) mass is 349 g/mol. The molecule has 3 rings (SSSR count). The van der Waals surface area contributed by atoms with Crippen LogP contribution in [0.5, 0.6) is 5.75 Å². The Morgan fingerprint density at radius 1 is 1.04 bits per heavy atom. The van der Waals surface area contributed by atoms with Gasteiger partial charge in [0.05, 0.1) is 19.8 Å². The van der Waals surface area contributed by atoms with Crippen molar-refractivity contribution in [2.24, 2.45) is 0 Å². The number of nitrogens with one attached hydrogen (secondary N) is 1. The Morgan fingerprint density at radius 3 is 2.58 bits per heavy atom. The molecular formula is C22H23NO3. The summed E-state index contributed by atoms with van der Waals surface area (Å²) in [7, 11) is 1.62. The largest absolute Gasteiger partial charge is 0.496 e. The van der Waals surface area contributed by atoms with E-state index in [0.29, 0.717) is 17.9 Å². The lowest BCUT2D eigenvalue weighted by atomic mass is 10.1. The van der Waals surface area contributed by atoms with Crippen LogP contribution in [0.15, 0.2) is 60.7 Å². The van der Waals surface area contributed by atoms with E-state index in [1.165, 1.54) is 0 Å². The second-order valence-corrected chi connectivity index (χ2v) is 6.37. The Bertz CT molecular complexity index is 913. The van der Waals surface area contributed by atoms with Crippen molar-refractivity contribution >= 4 is 22.4 Å². The molecular weight excluding hydrogens is 326 g/mol. The minimum atomic E-state index is -0.158. The molecule has 1 amide bonds. The summed E-state index contributed by atoms with van der Waals surface area (Å²) in [6, 6.07) is 19.2. The third-order valence-corrected chi connectivity index (χ3v) is 4.15. The van der Waals surface area contributed by atoms with Crippen LogP contribution in [0.25, 0.3) is 10.8 Å². The van der Waals surface area contributed by atoms with Gasteiger partial charge in [0, 0.05) is 22.2 Å². The Balaban J connectivity index is 1.86. The molecule has 4 heteroatoms. The summed E-state index contributed by atoms with van der Waals surface area (Å²) in [5, 5.41) is 5.11. The highest BCUT2D eigenvalue weighted by molar-refractivity contribution is 6.09. The topological polar surface area (TPSA) is 47.6 Å². The van der Waals surface area contributed by atoms with Crippen LogP contribution in [-0.4, -0.2) is 19.1 Å². The molecule has 0 atom stereocenters. The number of amides is 1. The van der Waals surface area contributed by atoms with Crippen molar-refractivity contribution in [3.63, 3.8) is 0 Å². The molecule has 0 spiro atoms. The molecule has 0 saturated heterocycles. The highest BCUT2D eigenvalue weighted by atomic mass is 16.5. The third kappa shape index (κ3) is 4.03. The lowest BCUT2D eigenvalue weighted by molar-refractivity contribution is 0.0644. The van der Waals surface area contributed by atoms with Crippen LogP contribution in [0.4, 0.5) is 5.69 Å². The molecule has 26 heavy (non-hydrogen) atoms. The lowest BCUT2D eigenvalue weighted by Gasteiger charge is -2.13. The summed E-state index contributed by atoms with van der Waals surface area (Å²) >= 11 is 0. The van der Waals surface area contributed by atoms with Crippen LogP contribution in [0.3, 0.4) is 0 Å². The first-order valence-corrected chi connectivity index (χ1v) is 8.66. The summed E-state index contributed by atoms with van der Waals surface area (Å²) < 4.78 is 11.0. The Morgan fingerprint density at radius 2 is 1.81 bits per heavy atom. The van der Waals surface area contributed by atoms with Gasteiger partial charge in [-0.15, -0.1) is 0 Å². The van der Waals surface area contributed by atoms with Crippen LogP contribution < -0.4 is 10.1 Å². The first kappa shape index (κ1) is 18.0. The molecule has 0 unspecified atom stereocenters. The van der Waals surface area contributed by atoms with Gasteiger partial charge in [-0.3, -0.25) is 4.79 Å². The van der Waals surface area contributed by atoms with E-state index in [0.717, 1.165) is 22.0 Å². The normalized spacial score (nSPS) is 10.9. The number of carbonyl (C=O) groups is 1. The summed E-state index contributed by atoms with van der Waals surface area (Å²) in [6.45, 7) is 4.35. The molecule has 3 aromatic carbocycles. The fourth-order valence-electron chi connectivity index (χ4n) is 2.82. The second-order valence-electron chi connectivity index (χ2n) is 6.37. The van der Waals surface area contributed by atoms with Crippen LogP contribution >= 0.6 is 0 Å². The van der Waals surface area contributed by atoms with E-state index >= 15 is 0 Å². The predicted octanol–water partition coefficient (Wildman–Crippen LogP) is 5.03. The molecule has 0 saturated carbocycles.